The zero-order valence-electron chi connectivity index (χ0n) is 73.1. The molecule has 21 aromatic carbocycles. The SMILES string of the molecule is c1ccc(C2(c3ccccc3)c3ccccc3-c3c(N(c4ccc(-c5ccc(-n6c7ccccc7c7ccccc76)cc5)cc4)c4cccc(-c5cccc6c5oc5ccccc56)c4)cccc32)cc1.c1ccc(C2(c3ccccc3)c3ccccc3-c3c(N(c4ccc(-n5c6ccccc6c6ccccc65)cc4)c4cccc(-c5cccc6c5oc5ccccc56)c4)cccc32)cc1. The number of nitrogens with zero attached hydrogens (tertiary/aromatic N) is 4. The number of aromatic nitrogens is 2. The maximum Gasteiger partial charge on any atom is 0.143 e. The van der Waals surface area contributed by atoms with Crippen LogP contribution in [0.1, 0.15) is 44.5 Å². The molecule has 0 saturated heterocycles. The maximum absolute atomic E-state index is 6.62. The molecular formula is C128H84N4O2. The summed E-state index contributed by atoms with van der Waals surface area (Å²) in [4.78, 5) is 4.92. The van der Waals surface area contributed by atoms with E-state index in [2.05, 4.69) is 516 Å². The van der Waals surface area contributed by atoms with E-state index >= 15 is 0 Å². The molecule has 4 aromatic heterocycles. The predicted molar refractivity (Wildman–Crippen MR) is 556 cm³/mol. The smallest absolute Gasteiger partial charge is 0.143 e. The van der Waals surface area contributed by atoms with Crippen molar-refractivity contribution in [1.82, 2.24) is 9.13 Å². The van der Waals surface area contributed by atoms with Crippen molar-refractivity contribution in [3.05, 3.63) is 554 Å². The van der Waals surface area contributed by atoms with Crippen LogP contribution in [0.4, 0.5) is 34.1 Å². The van der Waals surface area contributed by atoms with Crippen LogP contribution in [-0.2, 0) is 10.8 Å². The Morgan fingerprint density at radius 1 is 0.187 bits per heavy atom. The van der Waals surface area contributed by atoms with Crippen LogP contribution >= 0.6 is 0 Å². The molecule has 25 aromatic rings. The molecule has 134 heavy (non-hydrogen) atoms. The zero-order chi connectivity index (χ0) is 88.4. The second-order valence-electron chi connectivity index (χ2n) is 35.1. The lowest BCUT2D eigenvalue weighted by Crippen LogP contribution is -2.28. The van der Waals surface area contributed by atoms with Gasteiger partial charge in [-0.2, -0.15) is 0 Å². The molecule has 0 amide bonds. The number of benzene rings is 21. The number of furan rings is 2. The molecule has 2 aliphatic carbocycles. The second kappa shape index (κ2) is 31.7. The highest BCUT2D eigenvalue weighted by molar-refractivity contribution is 6.14. The Morgan fingerprint density at radius 3 is 0.858 bits per heavy atom. The van der Waals surface area contributed by atoms with Gasteiger partial charge in [-0.3, -0.25) is 0 Å². The molecule has 0 N–H and O–H groups in total. The minimum absolute atomic E-state index is 0.532. The van der Waals surface area contributed by atoms with Gasteiger partial charge in [-0.05, 0) is 199 Å². The molecular weight excluding hydrogens is 1630 g/mol. The van der Waals surface area contributed by atoms with Gasteiger partial charge in [-0.25, -0.2) is 0 Å². The van der Waals surface area contributed by atoms with Crippen molar-refractivity contribution < 1.29 is 8.83 Å². The van der Waals surface area contributed by atoms with Gasteiger partial charge in [0.1, 0.15) is 22.3 Å². The van der Waals surface area contributed by atoms with Gasteiger partial charge in [0.25, 0.3) is 0 Å². The van der Waals surface area contributed by atoms with E-state index in [1.54, 1.807) is 0 Å². The summed E-state index contributed by atoms with van der Waals surface area (Å²) >= 11 is 0. The fourth-order valence-electron chi connectivity index (χ4n) is 22.5. The van der Waals surface area contributed by atoms with Gasteiger partial charge >= 0.3 is 0 Å². The molecule has 4 heterocycles. The lowest BCUT2D eigenvalue weighted by Gasteiger charge is -2.34. The Kier molecular flexibility index (Phi) is 18.3. The van der Waals surface area contributed by atoms with Crippen LogP contribution in [0.15, 0.2) is 518 Å². The Morgan fingerprint density at radius 2 is 0.470 bits per heavy atom. The molecule has 0 spiro atoms. The van der Waals surface area contributed by atoms with Crippen molar-refractivity contribution in [2.24, 2.45) is 0 Å². The van der Waals surface area contributed by atoms with Gasteiger partial charge in [-0.15, -0.1) is 0 Å². The van der Waals surface area contributed by atoms with Crippen molar-refractivity contribution >= 4 is 122 Å². The van der Waals surface area contributed by atoms with Crippen molar-refractivity contribution in [3.8, 4) is 67.0 Å². The number of hydrogen-bond donors (Lipinski definition) is 0. The number of rotatable bonds is 15. The van der Waals surface area contributed by atoms with Crippen LogP contribution in [0.5, 0.6) is 0 Å². The van der Waals surface area contributed by atoms with Crippen LogP contribution in [0, 0.1) is 0 Å². The van der Waals surface area contributed by atoms with Crippen LogP contribution < -0.4 is 9.80 Å². The third-order valence-corrected chi connectivity index (χ3v) is 28.2. The first kappa shape index (κ1) is 77.5. The largest absolute Gasteiger partial charge is 0.455 e. The van der Waals surface area contributed by atoms with Gasteiger partial charge in [0.15, 0.2) is 0 Å². The van der Waals surface area contributed by atoms with E-state index in [4.69, 9.17) is 8.83 Å². The summed E-state index contributed by atoms with van der Waals surface area (Å²) in [6.45, 7) is 0. The van der Waals surface area contributed by atoms with E-state index in [0.29, 0.717) is 0 Å². The lowest BCUT2D eigenvalue weighted by molar-refractivity contribution is 0.669. The summed E-state index contributed by atoms with van der Waals surface area (Å²) < 4.78 is 18.0. The quantitative estimate of drug-likeness (QED) is 0.103. The minimum atomic E-state index is -0.538. The summed E-state index contributed by atoms with van der Waals surface area (Å²) in [6.07, 6.45) is 0. The molecule has 0 fully saturated rings. The second-order valence-corrected chi connectivity index (χ2v) is 35.1. The molecule has 6 nitrogen and oxygen atoms in total. The highest BCUT2D eigenvalue weighted by Crippen LogP contribution is 2.62. The van der Waals surface area contributed by atoms with Crippen LogP contribution in [0.3, 0.4) is 0 Å². The van der Waals surface area contributed by atoms with E-state index in [1.807, 2.05) is 12.1 Å². The van der Waals surface area contributed by atoms with Crippen LogP contribution in [-0.4, -0.2) is 9.13 Å². The maximum atomic E-state index is 6.62. The van der Waals surface area contributed by atoms with E-state index in [0.717, 1.165) is 123 Å². The van der Waals surface area contributed by atoms with Gasteiger partial charge in [-0.1, -0.05) is 388 Å². The summed E-state index contributed by atoms with van der Waals surface area (Å²) in [5, 5.41) is 9.50. The first-order valence-electron chi connectivity index (χ1n) is 46.1. The average molecular weight is 1710 g/mol. The van der Waals surface area contributed by atoms with E-state index in [9.17, 15) is 0 Å². The summed E-state index contributed by atoms with van der Waals surface area (Å²) in [5.41, 5.74) is 37.6. The normalized spacial score (nSPS) is 12.7. The molecule has 0 bridgehead atoms. The van der Waals surface area contributed by atoms with Crippen molar-refractivity contribution in [1.29, 1.82) is 0 Å². The minimum Gasteiger partial charge on any atom is -0.455 e. The van der Waals surface area contributed by atoms with Crippen molar-refractivity contribution in [2.75, 3.05) is 9.80 Å². The number of hydrogen-bond acceptors (Lipinski definition) is 4. The lowest BCUT2D eigenvalue weighted by atomic mass is 9.68. The summed E-state index contributed by atoms with van der Waals surface area (Å²) in [6, 6.07) is 186. The summed E-state index contributed by atoms with van der Waals surface area (Å²) in [7, 11) is 0. The standard InChI is InChI=1S/C67H44N2O.C61H40N2O/c1-3-19-48(20-4-1)67(49-21-5-2-6-22-49)59-30-11-7-27-58(59)65-60(67)31-17-34-63(65)68(52-23-15-18-47(44-52)53-28-16-29-57-56-26-10-14-35-64(56)70-66(53)57)50-40-36-45(37-41-50)46-38-42-51(43-39-46)69-61-32-12-8-24-54(61)55-25-9-13-33-62(55)69;1-3-19-42(20-4-1)61(43-21-5-2-6-22-43)53-30-11-7-27-52(53)59-54(61)31-17-34-57(59)62(44-36-38-45(39-37-44)63-55-32-12-8-24-48(55)49-25-9-13-33-56(49)63)46-23-15-18-41(40-46)47-28-16-29-51-50-26-10-14-35-58(50)64-60(47)51/h1-44H;1-40H. The van der Waals surface area contributed by atoms with Gasteiger partial charge in [0, 0.05) is 99.5 Å². The molecule has 628 valence electrons. The molecule has 0 aliphatic heterocycles. The first-order chi connectivity index (χ1) is 66.5. The highest BCUT2D eigenvalue weighted by Gasteiger charge is 2.49. The van der Waals surface area contributed by atoms with Crippen LogP contribution in [0.25, 0.3) is 154 Å². The molecule has 0 radical (unpaired) electrons. The summed E-state index contributed by atoms with van der Waals surface area (Å²) in [5.74, 6) is 0. The van der Waals surface area contributed by atoms with Crippen LogP contribution in [0.2, 0.25) is 0 Å². The molecule has 27 rings (SSSR count). The first-order valence-corrected chi connectivity index (χ1v) is 46.1. The van der Waals surface area contributed by atoms with E-state index in [1.165, 1.54) is 110 Å². The number of fused-ring (bicyclic) bond motifs is 18. The Balaban J connectivity index is 0.000000140. The van der Waals surface area contributed by atoms with E-state index < -0.39 is 10.8 Å². The fraction of sp³-hybridized carbons (Fsp3) is 0.0156. The van der Waals surface area contributed by atoms with E-state index in [-0.39, 0.29) is 0 Å². The molecule has 6 heteroatoms. The number of para-hydroxylation sites is 8. The number of anilines is 6. The third kappa shape index (κ3) is 12.1. The predicted octanol–water partition coefficient (Wildman–Crippen LogP) is 34.0. The van der Waals surface area contributed by atoms with Gasteiger partial charge < -0.3 is 27.8 Å². The fourth-order valence-corrected chi connectivity index (χ4v) is 22.5. The average Bonchev–Trinajstić information content (AvgIpc) is 1.53. The monoisotopic (exact) mass is 1710 g/mol. The Labute approximate surface area is 775 Å². The highest BCUT2D eigenvalue weighted by atomic mass is 16.3. The molecule has 0 saturated carbocycles. The van der Waals surface area contributed by atoms with Gasteiger partial charge in [0.05, 0.1) is 44.3 Å². The van der Waals surface area contributed by atoms with Crippen molar-refractivity contribution in [2.45, 2.75) is 10.8 Å². The Bertz CT molecular complexity index is 8690. The molecule has 0 unspecified atom stereocenters. The zero-order valence-corrected chi connectivity index (χ0v) is 73.1. The third-order valence-electron chi connectivity index (χ3n) is 28.2. The van der Waals surface area contributed by atoms with Gasteiger partial charge in [0.2, 0.25) is 0 Å². The van der Waals surface area contributed by atoms with Crippen molar-refractivity contribution in [3.63, 3.8) is 0 Å². The molecule has 2 aliphatic rings. The Hall–Kier alpha value is -17.6. The molecule has 0 atom stereocenters. The topological polar surface area (TPSA) is 42.6 Å².